The van der Waals surface area contributed by atoms with E-state index in [1.54, 1.807) is 18.2 Å². The van der Waals surface area contributed by atoms with E-state index in [4.69, 9.17) is 4.52 Å². The maximum absolute atomic E-state index is 12.6. The molecule has 1 aromatic heterocycles. The Morgan fingerprint density at radius 3 is 2.71 bits per heavy atom. The largest absolute Gasteiger partial charge is 0.511 e. The summed E-state index contributed by atoms with van der Waals surface area (Å²) in [6.07, 6.45) is 3.02. The first-order valence-electron chi connectivity index (χ1n) is 10.6. The quantitative estimate of drug-likeness (QED) is 0.540. The van der Waals surface area contributed by atoms with E-state index >= 15 is 0 Å². The van der Waals surface area contributed by atoms with Gasteiger partial charge in [0.25, 0.3) is 0 Å². The molecular weight excluding hydrogens is 396 g/mol. The highest BCUT2D eigenvalue weighted by Crippen LogP contribution is 2.37. The Hall–Kier alpha value is -3.22. The number of aryl methyl sites for hydroxylation is 1. The Kier molecular flexibility index (Phi) is 5.52. The number of hydrogen-bond donors (Lipinski definition) is 2. The molecule has 4 rings (SSSR count). The van der Waals surface area contributed by atoms with Crippen LogP contribution in [0.25, 0.3) is 0 Å². The Labute approximate surface area is 180 Å². The lowest BCUT2D eigenvalue weighted by Crippen LogP contribution is -2.26. The number of allylic oxidation sites excluding steroid dienone is 2. The van der Waals surface area contributed by atoms with Gasteiger partial charge in [-0.05, 0) is 30.4 Å². The molecular formula is C24H26N2O5. The average molecular weight is 422 g/mol. The van der Waals surface area contributed by atoms with Crippen molar-refractivity contribution in [2.45, 2.75) is 58.8 Å². The number of hydrogen-bond acceptors (Lipinski definition) is 7. The molecule has 0 aliphatic heterocycles. The van der Waals surface area contributed by atoms with E-state index in [1.165, 1.54) is 6.07 Å². The number of phenolic OH excluding ortho intramolecular Hbond substituents is 1. The zero-order chi connectivity index (χ0) is 22.2. The average Bonchev–Trinajstić information content (AvgIpc) is 3.10. The van der Waals surface area contributed by atoms with Crippen molar-refractivity contribution < 1.29 is 24.3 Å². The number of nitrogens with zero attached hydrogens (tertiary/aromatic N) is 2. The highest BCUT2D eigenvalue weighted by Gasteiger charge is 2.36. The molecule has 7 heteroatoms. The van der Waals surface area contributed by atoms with Gasteiger partial charge in [-0.15, -0.1) is 0 Å². The number of phenols is 1. The van der Waals surface area contributed by atoms with Crippen molar-refractivity contribution in [3.63, 3.8) is 0 Å². The van der Waals surface area contributed by atoms with E-state index < -0.39 is 0 Å². The number of rotatable bonds is 4. The Morgan fingerprint density at radius 2 is 1.94 bits per heavy atom. The minimum Gasteiger partial charge on any atom is -0.511 e. The molecule has 0 atom stereocenters. The fourth-order valence-corrected chi connectivity index (χ4v) is 4.32. The molecule has 162 valence electrons. The minimum absolute atomic E-state index is 0.00481. The van der Waals surface area contributed by atoms with Crippen molar-refractivity contribution in [1.82, 2.24) is 5.16 Å². The van der Waals surface area contributed by atoms with Crippen molar-refractivity contribution in [1.29, 1.82) is 0 Å². The number of ketones is 2. The molecule has 0 spiro atoms. The molecule has 2 N–H and O–H groups in total. The number of aliphatic imine (C=N–C) groups is 1. The van der Waals surface area contributed by atoms with Crippen LogP contribution < -0.4 is 0 Å². The number of fused-ring (bicyclic) bond motifs is 1. The van der Waals surface area contributed by atoms with Crippen LogP contribution in [0.4, 0.5) is 5.69 Å². The molecule has 1 aromatic carbocycles. The minimum atomic E-state index is -0.169. The van der Waals surface area contributed by atoms with Gasteiger partial charge in [0, 0.05) is 32.1 Å². The van der Waals surface area contributed by atoms with Crippen molar-refractivity contribution >= 4 is 23.0 Å². The fourth-order valence-electron chi connectivity index (χ4n) is 4.32. The highest BCUT2D eigenvalue weighted by molar-refractivity contribution is 6.24. The molecule has 2 aromatic rings. The van der Waals surface area contributed by atoms with E-state index in [-0.39, 0.29) is 46.9 Å². The maximum Gasteiger partial charge on any atom is 0.168 e. The molecule has 0 unspecified atom stereocenters. The van der Waals surface area contributed by atoms with E-state index in [2.05, 4.69) is 10.1 Å². The number of benzene rings is 1. The molecule has 2 aliphatic rings. The summed E-state index contributed by atoms with van der Waals surface area (Å²) in [4.78, 5) is 29.6. The third-order valence-electron chi connectivity index (χ3n) is 5.80. The third-order valence-corrected chi connectivity index (χ3v) is 5.80. The topological polar surface area (TPSA) is 113 Å². The van der Waals surface area contributed by atoms with Crippen LogP contribution in [0.15, 0.2) is 45.1 Å². The Balaban J connectivity index is 1.60. The van der Waals surface area contributed by atoms with Gasteiger partial charge in [0.15, 0.2) is 11.6 Å². The van der Waals surface area contributed by atoms with E-state index in [0.717, 1.165) is 0 Å². The van der Waals surface area contributed by atoms with Crippen LogP contribution in [0.3, 0.4) is 0 Å². The number of aliphatic hydroxyl groups is 1. The number of carbonyl (C=O) groups excluding carboxylic acids is 2. The summed E-state index contributed by atoms with van der Waals surface area (Å²) >= 11 is 0. The van der Waals surface area contributed by atoms with Crippen LogP contribution in [0.5, 0.6) is 5.75 Å². The molecule has 1 saturated carbocycles. The first kappa shape index (κ1) is 21.0. The summed E-state index contributed by atoms with van der Waals surface area (Å²) in [5.74, 6) is 0.379. The smallest absolute Gasteiger partial charge is 0.168 e. The number of aromatic hydroxyl groups is 1. The monoisotopic (exact) mass is 422 g/mol. The van der Waals surface area contributed by atoms with Crippen molar-refractivity contribution in [3.05, 3.63) is 52.6 Å². The van der Waals surface area contributed by atoms with Crippen LogP contribution in [0, 0.1) is 5.41 Å². The van der Waals surface area contributed by atoms with Crippen LogP contribution >= 0.6 is 0 Å². The summed E-state index contributed by atoms with van der Waals surface area (Å²) in [6.45, 7) is 4.04. The SMILES string of the molecule is CC1(C)CC(=O)c2c(CC/C(O)=C3\C(=O)CCCC3=Nc3ccccc3O)noc2C1. The normalized spacial score (nSPS) is 21.3. The predicted molar refractivity (Wildman–Crippen MR) is 115 cm³/mol. The van der Waals surface area contributed by atoms with Gasteiger partial charge in [-0.2, -0.15) is 0 Å². The first-order valence-corrected chi connectivity index (χ1v) is 10.6. The van der Waals surface area contributed by atoms with Crippen LogP contribution in [-0.4, -0.2) is 32.6 Å². The van der Waals surface area contributed by atoms with E-state index in [9.17, 15) is 19.8 Å². The van der Waals surface area contributed by atoms with Crippen molar-refractivity contribution in [3.8, 4) is 5.75 Å². The molecule has 0 bridgehead atoms. The van der Waals surface area contributed by atoms with Crippen molar-refractivity contribution in [2.24, 2.45) is 10.4 Å². The summed E-state index contributed by atoms with van der Waals surface area (Å²) in [7, 11) is 0. The maximum atomic E-state index is 12.6. The highest BCUT2D eigenvalue weighted by atomic mass is 16.5. The van der Waals surface area contributed by atoms with E-state index in [0.29, 0.717) is 60.5 Å². The molecule has 7 nitrogen and oxygen atoms in total. The van der Waals surface area contributed by atoms with Gasteiger partial charge in [0.05, 0.1) is 22.5 Å². The second-order valence-electron chi connectivity index (χ2n) is 9.01. The van der Waals surface area contributed by atoms with Gasteiger partial charge in [-0.3, -0.25) is 9.59 Å². The van der Waals surface area contributed by atoms with Gasteiger partial charge >= 0.3 is 0 Å². The summed E-state index contributed by atoms with van der Waals surface area (Å²) < 4.78 is 5.42. The standard InChI is InChI=1S/C24H26N2O5/c1-24(2)12-20(30)23-16(26-31-21(23)13-24)10-11-19(29)22-15(7-5-9-18(22)28)25-14-6-3-4-8-17(14)27/h3-4,6,8,27,29H,5,7,9-13H2,1-2H3/b22-19+,25-15?. The first-order chi connectivity index (χ1) is 14.7. The van der Waals surface area contributed by atoms with Gasteiger partial charge < -0.3 is 14.7 Å². The second kappa shape index (κ2) is 8.13. The fraction of sp³-hybridized carbons (Fsp3) is 0.417. The summed E-state index contributed by atoms with van der Waals surface area (Å²) in [5.41, 5.74) is 1.92. The second-order valence-corrected chi connectivity index (χ2v) is 9.01. The van der Waals surface area contributed by atoms with Gasteiger partial charge in [0.1, 0.15) is 23.0 Å². The zero-order valence-corrected chi connectivity index (χ0v) is 17.8. The van der Waals surface area contributed by atoms with E-state index in [1.807, 2.05) is 13.8 Å². The molecule has 0 amide bonds. The number of Topliss-reactive ketones (excluding diaryl/α,β-unsaturated/α-hetero) is 2. The van der Waals surface area contributed by atoms with Crippen LogP contribution in [0.1, 0.15) is 67.8 Å². The molecule has 31 heavy (non-hydrogen) atoms. The van der Waals surface area contributed by atoms with Gasteiger partial charge in [-0.25, -0.2) is 4.99 Å². The Bertz CT molecular complexity index is 1110. The van der Waals surface area contributed by atoms with Gasteiger partial charge in [0.2, 0.25) is 0 Å². The van der Waals surface area contributed by atoms with Gasteiger partial charge in [-0.1, -0.05) is 31.1 Å². The lowest BCUT2D eigenvalue weighted by molar-refractivity contribution is -0.115. The molecule has 1 fully saturated rings. The molecule has 1 heterocycles. The summed E-state index contributed by atoms with van der Waals surface area (Å²) in [6, 6.07) is 6.63. The molecule has 0 saturated heterocycles. The van der Waals surface area contributed by atoms with Crippen molar-refractivity contribution in [2.75, 3.05) is 0 Å². The number of para-hydroxylation sites is 2. The Morgan fingerprint density at radius 1 is 1.16 bits per heavy atom. The van der Waals surface area contributed by atoms with Crippen LogP contribution in [0.2, 0.25) is 0 Å². The molecule has 2 aliphatic carbocycles. The number of aliphatic hydroxyl groups excluding tert-OH is 1. The summed E-state index contributed by atoms with van der Waals surface area (Å²) in [5, 5.41) is 24.9. The van der Waals surface area contributed by atoms with Crippen LogP contribution in [-0.2, 0) is 17.6 Å². The molecule has 0 radical (unpaired) electrons. The third kappa shape index (κ3) is 4.31. The lowest BCUT2D eigenvalue weighted by atomic mass is 9.76. The number of carbonyl (C=O) groups is 2. The predicted octanol–water partition coefficient (Wildman–Crippen LogP) is 4.81. The number of aromatic nitrogens is 1. The lowest BCUT2D eigenvalue weighted by Gasteiger charge is -2.26. The zero-order valence-electron chi connectivity index (χ0n) is 17.8.